The van der Waals surface area contributed by atoms with E-state index in [9.17, 15) is 20.6 Å². The predicted octanol–water partition coefficient (Wildman–Crippen LogP) is 3.76. The molecule has 0 fully saturated rings. The van der Waals surface area contributed by atoms with Crippen molar-refractivity contribution < 1.29 is 14.3 Å². The molecule has 2 aromatic carbocycles. The van der Waals surface area contributed by atoms with Gasteiger partial charge in [-0.2, -0.15) is 15.8 Å². The number of ether oxygens (including phenoxy) is 2. The van der Waals surface area contributed by atoms with Crippen molar-refractivity contribution in [1.82, 2.24) is 4.90 Å². The molecule has 174 valence electrons. The summed E-state index contributed by atoms with van der Waals surface area (Å²) in [5, 5.41) is 30.2. The van der Waals surface area contributed by atoms with Gasteiger partial charge in [0.1, 0.15) is 18.4 Å². The Morgan fingerprint density at radius 1 is 1.11 bits per heavy atom. The van der Waals surface area contributed by atoms with Crippen molar-refractivity contribution >= 4 is 6.09 Å². The summed E-state index contributed by atoms with van der Waals surface area (Å²) in [5.74, 6) is -0.602. The van der Waals surface area contributed by atoms with E-state index in [4.69, 9.17) is 15.2 Å². The second-order valence-corrected chi connectivity index (χ2v) is 8.39. The summed E-state index contributed by atoms with van der Waals surface area (Å²) >= 11 is 0. The number of hydrogen-bond donors (Lipinski definition) is 1. The van der Waals surface area contributed by atoms with Crippen molar-refractivity contribution in [3.05, 3.63) is 88.6 Å². The van der Waals surface area contributed by atoms with Gasteiger partial charge in [0.15, 0.2) is 5.41 Å². The molecule has 0 saturated heterocycles. The van der Waals surface area contributed by atoms with Gasteiger partial charge >= 0.3 is 6.09 Å². The zero-order valence-electron chi connectivity index (χ0n) is 19.1. The molecule has 0 saturated carbocycles. The summed E-state index contributed by atoms with van der Waals surface area (Å²) in [6.45, 7) is 0.509. The first-order valence-corrected chi connectivity index (χ1v) is 11.0. The first-order valence-electron chi connectivity index (χ1n) is 11.0. The summed E-state index contributed by atoms with van der Waals surface area (Å²) < 4.78 is 10.8. The van der Waals surface area contributed by atoms with Crippen molar-refractivity contribution in [3.63, 3.8) is 0 Å². The average Bonchev–Trinajstić information content (AvgIpc) is 2.91. The van der Waals surface area contributed by atoms with Gasteiger partial charge in [-0.3, -0.25) is 0 Å². The van der Waals surface area contributed by atoms with Crippen LogP contribution in [0.15, 0.2) is 77.5 Å². The average molecular weight is 466 g/mol. The number of hydrogen-bond acceptors (Lipinski definition) is 7. The van der Waals surface area contributed by atoms with Gasteiger partial charge in [-0.05, 0) is 28.8 Å². The molecule has 2 aromatic rings. The standard InChI is InChI=1S/C27H23N5O3/c1-34-20-9-7-19(8-10-20)24-23-14-32(26(33)35-15-18-5-3-2-4-6-18)12-11-21(23)22(13-28)25(31)27(24,16-29)17-30/h2-11,23-24H,12,14-15,31H2,1H3/t23-,24-/m0/s1. The van der Waals surface area contributed by atoms with Crippen LogP contribution in [0.4, 0.5) is 4.79 Å². The Morgan fingerprint density at radius 2 is 1.80 bits per heavy atom. The van der Waals surface area contributed by atoms with Gasteiger partial charge in [-0.15, -0.1) is 0 Å². The van der Waals surface area contributed by atoms with Crippen LogP contribution in [-0.4, -0.2) is 31.2 Å². The number of nitrogens with zero attached hydrogens (tertiary/aromatic N) is 4. The number of amides is 1. The third-order valence-electron chi connectivity index (χ3n) is 6.60. The first-order chi connectivity index (χ1) is 17.0. The van der Waals surface area contributed by atoms with Crippen molar-refractivity contribution in [2.45, 2.75) is 12.5 Å². The van der Waals surface area contributed by atoms with Crippen LogP contribution in [0.3, 0.4) is 0 Å². The van der Waals surface area contributed by atoms with Gasteiger partial charge in [0.2, 0.25) is 0 Å². The number of nitrogens with two attached hydrogens (primary N) is 1. The summed E-state index contributed by atoms with van der Waals surface area (Å²) in [4.78, 5) is 14.4. The normalized spacial score (nSPS) is 20.4. The minimum atomic E-state index is -1.78. The maximum atomic E-state index is 12.9. The minimum Gasteiger partial charge on any atom is -0.497 e. The molecule has 1 amide bonds. The number of methoxy groups -OCH3 is 1. The molecule has 4 rings (SSSR count). The van der Waals surface area contributed by atoms with Crippen LogP contribution in [0.5, 0.6) is 5.75 Å². The van der Waals surface area contributed by atoms with E-state index in [1.807, 2.05) is 30.3 Å². The second kappa shape index (κ2) is 9.63. The van der Waals surface area contributed by atoms with E-state index in [1.54, 1.807) is 37.5 Å². The first kappa shape index (κ1) is 23.4. The molecule has 35 heavy (non-hydrogen) atoms. The van der Waals surface area contributed by atoms with E-state index >= 15 is 0 Å². The van der Waals surface area contributed by atoms with E-state index in [0.717, 1.165) is 5.56 Å². The van der Waals surface area contributed by atoms with Gasteiger partial charge in [-0.25, -0.2) is 4.79 Å². The molecule has 0 unspecified atom stereocenters. The molecule has 0 bridgehead atoms. The van der Waals surface area contributed by atoms with E-state index < -0.39 is 23.3 Å². The molecule has 1 aliphatic carbocycles. The minimum absolute atomic E-state index is 0.0616. The fourth-order valence-electron chi connectivity index (χ4n) is 4.83. The zero-order valence-corrected chi connectivity index (χ0v) is 19.1. The number of allylic oxidation sites excluding steroid dienone is 2. The lowest BCUT2D eigenvalue weighted by Gasteiger charge is -2.45. The van der Waals surface area contributed by atoms with Gasteiger partial charge in [0.05, 0.1) is 30.5 Å². The fraction of sp³-hybridized carbons (Fsp3) is 0.259. The summed E-state index contributed by atoms with van der Waals surface area (Å²) in [7, 11) is 1.55. The van der Waals surface area contributed by atoms with Gasteiger partial charge in [0, 0.05) is 24.9 Å². The number of carbonyl (C=O) groups excluding carboxylic acids is 1. The lowest BCUT2D eigenvalue weighted by Crippen LogP contribution is -2.49. The van der Waals surface area contributed by atoms with E-state index in [2.05, 4.69) is 18.2 Å². The van der Waals surface area contributed by atoms with Crippen LogP contribution >= 0.6 is 0 Å². The maximum absolute atomic E-state index is 12.9. The molecule has 0 radical (unpaired) electrons. The molecule has 8 heteroatoms. The summed E-state index contributed by atoms with van der Waals surface area (Å²) in [5.41, 5.74) is 6.79. The van der Waals surface area contributed by atoms with E-state index in [0.29, 0.717) is 16.9 Å². The molecule has 0 aromatic heterocycles. The molecule has 1 heterocycles. The molecule has 0 spiro atoms. The molecular weight excluding hydrogens is 442 g/mol. The molecular formula is C27H23N5O3. The third kappa shape index (κ3) is 4.05. The highest BCUT2D eigenvalue weighted by atomic mass is 16.6. The second-order valence-electron chi connectivity index (χ2n) is 8.39. The SMILES string of the molecule is COc1ccc([C@H]2[C@H]3CN(C(=O)OCc4ccccc4)CC=C3C(C#N)=C(N)C2(C#N)C#N)cc1. The Morgan fingerprint density at radius 3 is 2.40 bits per heavy atom. The number of rotatable bonds is 4. The molecule has 2 atom stereocenters. The number of fused-ring (bicyclic) bond motifs is 1. The highest BCUT2D eigenvalue weighted by molar-refractivity contribution is 5.69. The van der Waals surface area contributed by atoms with Gasteiger partial charge < -0.3 is 20.1 Å². The quantitative estimate of drug-likeness (QED) is 0.726. The lowest BCUT2D eigenvalue weighted by molar-refractivity contribution is 0.0898. The summed E-state index contributed by atoms with van der Waals surface area (Å²) in [6, 6.07) is 22.7. The fourth-order valence-corrected chi connectivity index (χ4v) is 4.83. The molecule has 2 N–H and O–H groups in total. The number of carbonyl (C=O) groups is 1. The van der Waals surface area contributed by atoms with Crippen LogP contribution in [-0.2, 0) is 11.3 Å². The Labute approximate surface area is 203 Å². The smallest absolute Gasteiger partial charge is 0.410 e. The monoisotopic (exact) mass is 465 g/mol. The number of benzene rings is 2. The summed E-state index contributed by atoms with van der Waals surface area (Å²) in [6.07, 6.45) is 1.25. The maximum Gasteiger partial charge on any atom is 0.410 e. The van der Waals surface area contributed by atoms with Crippen LogP contribution in [0.1, 0.15) is 17.0 Å². The van der Waals surface area contributed by atoms with Gasteiger partial charge in [0.25, 0.3) is 0 Å². The molecule has 1 aliphatic heterocycles. The van der Waals surface area contributed by atoms with Crippen molar-refractivity contribution in [2.24, 2.45) is 17.1 Å². The predicted molar refractivity (Wildman–Crippen MR) is 126 cm³/mol. The highest BCUT2D eigenvalue weighted by Crippen LogP contribution is 2.54. The lowest BCUT2D eigenvalue weighted by atomic mass is 9.58. The van der Waals surface area contributed by atoms with Crippen LogP contribution in [0.25, 0.3) is 0 Å². The van der Waals surface area contributed by atoms with Crippen LogP contribution in [0, 0.1) is 45.3 Å². The van der Waals surface area contributed by atoms with Crippen LogP contribution < -0.4 is 10.5 Å². The Bertz CT molecular complexity index is 1300. The number of nitriles is 3. The molecule has 2 aliphatic rings. The highest BCUT2D eigenvalue weighted by Gasteiger charge is 2.54. The molecule has 8 nitrogen and oxygen atoms in total. The van der Waals surface area contributed by atoms with Crippen LogP contribution in [0.2, 0.25) is 0 Å². The van der Waals surface area contributed by atoms with Crippen molar-refractivity contribution in [2.75, 3.05) is 20.2 Å². The Kier molecular flexibility index (Phi) is 6.44. The van der Waals surface area contributed by atoms with Gasteiger partial charge in [-0.1, -0.05) is 48.5 Å². The van der Waals surface area contributed by atoms with Crippen molar-refractivity contribution in [3.8, 4) is 24.0 Å². The van der Waals surface area contributed by atoms with E-state index in [1.165, 1.54) is 4.90 Å². The van der Waals surface area contributed by atoms with Crippen molar-refractivity contribution in [1.29, 1.82) is 15.8 Å². The zero-order chi connectivity index (χ0) is 25.0. The largest absolute Gasteiger partial charge is 0.497 e. The Balaban J connectivity index is 1.73. The topological polar surface area (TPSA) is 136 Å². The van der Waals surface area contributed by atoms with E-state index in [-0.39, 0.29) is 31.0 Å². The third-order valence-corrected chi connectivity index (χ3v) is 6.60. The Hall–Kier alpha value is -4.74.